The van der Waals surface area contributed by atoms with E-state index in [-0.39, 0.29) is 11.7 Å². The molecule has 1 aliphatic rings. The van der Waals surface area contributed by atoms with E-state index >= 15 is 0 Å². The van der Waals surface area contributed by atoms with Crippen LogP contribution in [0.1, 0.15) is 43.0 Å². The van der Waals surface area contributed by atoms with Gasteiger partial charge in [-0.1, -0.05) is 25.5 Å². The van der Waals surface area contributed by atoms with E-state index in [1.165, 1.54) is 0 Å². The van der Waals surface area contributed by atoms with Crippen molar-refractivity contribution in [1.82, 2.24) is 0 Å². The van der Waals surface area contributed by atoms with Crippen molar-refractivity contribution in [1.29, 1.82) is 0 Å². The average Bonchev–Trinajstić information content (AvgIpc) is 2.37. The number of fused-ring (bicyclic) bond motifs is 1. The van der Waals surface area contributed by atoms with Crippen LogP contribution < -0.4 is 4.90 Å². The molecule has 0 atom stereocenters. The molecule has 1 heterocycles. The molecule has 0 N–H and O–H groups in total. The van der Waals surface area contributed by atoms with E-state index in [4.69, 9.17) is 0 Å². The summed E-state index contributed by atoms with van der Waals surface area (Å²) >= 11 is 0. The molecule has 0 spiro atoms. The Labute approximate surface area is 101 Å². The molecular formula is C14H17NO2. The fourth-order valence-corrected chi connectivity index (χ4v) is 2.14. The number of anilines is 1. The lowest BCUT2D eigenvalue weighted by atomic mass is 10.00. The number of hydrogen-bond acceptors (Lipinski definition) is 2. The van der Waals surface area contributed by atoms with Gasteiger partial charge in [-0.05, 0) is 18.6 Å². The zero-order valence-corrected chi connectivity index (χ0v) is 10.1. The standard InChI is InChI=1S/C14H17NO2/c1-2-3-8-14(17)15-10-9-13(16)11-6-4-5-7-12(11)15/h4-7H,2-3,8-10H2,1H3. The van der Waals surface area contributed by atoms with Crippen molar-refractivity contribution in [2.45, 2.75) is 32.6 Å². The zero-order chi connectivity index (χ0) is 12.3. The summed E-state index contributed by atoms with van der Waals surface area (Å²) in [7, 11) is 0. The van der Waals surface area contributed by atoms with Crippen LogP contribution >= 0.6 is 0 Å². The highest BCUT2D eigenvalue weighted by atomic mass is 16.2. The van der Waals surface area contributed by atoms with E-state index in [0.29, 0.717) is 24.9 Å². The lowest BCUT2D eigenvalue weighted by Gasteiger charge is -2.28. The predicted octanol–water partition coefficient (Wildman–Crippen LogP) is 2.80. The van der Waals surface area contributed by atoms with Crippen LogP contribution in [0.2, 0.25) is 0 Å². The Kier molecular flexibility index (Phi) is 3.57. The Balaban J connectivity index is 2.24. The van der Waals surface area contributed by atoms with Crippen LogP contribution in [0.3, 0.4) is 0 Å². The molecule has 3 heteroatoms. The smallest absolute Gasteiger partial charge is 0.227 e. The molecule has 0 fully saturated rings. The minimum Gasteiger partial charge on any atom is -0.311 e. The molecule has 1 aromatic carbocycles. The number of amides is 1. The number of benzene rings is 1. The Bertz CT molecular complexity index is 440. The summed E-state index contributed by atoms with van der Waals surface area (Å²) in [4.78, 5) is 25.5. The monoisotopic (exact) mass is 231 g/mol. The van der Waals surface area contributed by atoms with Crippen LogP contribution in [0.15, 0.2) is 24.3 Å². The summed E-state index contributed by atoms with van der Waals surface area (Å²) < 4.78 is 0. The summed E-state index contributed by atoms with van der Waals surface area (Å²) in [5, 5.41) is 0. The lowest BCUT2D eigenvalue weighted by molar-refractivity contribution is -0.118. The summed E-state index contributed by atoms with van der Waals surface area (Å²) in [5.41, 5.74) is 1.47. The van der Waals surface area contributed by atoms with Crippen LogP contribution in [-0.4, -0.2) is 18.2 Å². The molecule has 1 amide bonds. The van der Waals surface area contributed by atoms with Crippen LogP contribution in [0, 0.1) is 0 Å². The SMILES string of the molecule is CCCCC(=O)N1CCC(=O)c2ccccc21. The normalized spacial score (nSPS) is 14.6. The van der Waals surface area contributed by atoms with Gasteiger partial charge in [0.25, 0.3) is 0 Å². The van der Waals surface area contributed by atoms with Crippen molar-refractivity contribution < 1.29 is 9.59 Å². The average molecular weight is 231 g/mol. The van der Waals surface area contributed by atoms with E-state index in [1.54, 1.807) is 11.0 Å². The fourth-order valence-electron chi connectivity index (χ4n) is 2.14. The molecule has 1 aromatic rings. The number of carbonyl (C=O) groups is 2. The van der Waals surface area contributed by atoms with Gasteiger partial charge in [-0.25, -0.2) is 0 Å². The first-order valence-electron chi connectivity index (χ1n) is 6.16. The third-order valence-electron chi connectivity index (χ3n) is 3.10. The van der Waals surface area contributed by atoms with E-state index in [0.717, 1.165) is 18.5 Å². The number of nitrogens with zero attached hydrogens (tertiary/aromatic N) is 1. The van der Waals surface area contributed by atoms with Crippen molar-refractivity contribution in [3.8, 4) is 0 Å². The van der Waals surface area contributed by atoms with Gasteiger partial charge in [0.05, 0.1) is 5.69 Å². The van der Waals surface area contributed by atoms with E-state index in [9.17, 15) is 9.59 Å². The predicted molar refractivity (Wildman–Crippen MR) is 67.3 cm³/mol. The van der Waals surface area contributed by atoms with Crippen molar-refractivity contribution in [3.63, 3.8) is 0 Å². The van der Waals surface area contributed by atoms with E-state index in [2.05, 4.69) is 6.92 Å². The molecule has 0 unspecified atom stereocenters. The summed E-state index contributed by atoms with van der Waals surface area (Å²) in [5.74, 6) is 0.270. The summed E-state index contributed by atoms with van der Waals surface area (Å²) in [6, 6.07) is 7.38. The van der Waals surface area contributed by atoms with Crippen molar-refractivity contribution >= 4 is 17.4 Å². The number of unbranched alkanes of at least 4 members (excludes halogenated alkanes) is 1. The molecule has 0 aromatic heterocycles. The summed E-state index contributed by atoms with van der Waals surface area (Å²) in [6.07, 6.45) is 2.93. The molecule has 2 rings (SSSR count). The topological polar surface area (TPSA) is 37.4 Å². The number of para-hydroxylation sites is 1. The third kappa shape index (κ3) is 2.38. The second kappa shape index (κ2) is 5.13. The number of carbonyl (C=O) groups excluding carboxylic acids is 2. The van der Waals surface area contributed by atoms with Crippen LogP contribution in [0.5, 0.6) is 0 Å². The van der Waals surface area contributed by atoms with Crippen LogP contribution in [-0.2, 0) is 4.79 Å². The van der Waals surface area contributed by atoms with Gasteiger partial charge in [-0.3, -0.25) is 9.59 Å². The van der Waals surface area contributed by atoms with Gasteiger partial charge in [0.15, 0.2) is 5.78 Å². The molecule has 3 nitrogen and oxygen atoms in total. The highest BCUT2D eigenvalue weighted by Crippen LogP contribution is 2.27. The van der Waals surface area contributed by atoms with Crippen LogP contribution in [0.25, 0.3) is 0 Å². The molecule has 90 valence electrons. The Morgan fingerprint density at radius 2 is 2.12 bits per heavy atom. The molecular weight excluding hydrogens is 214 g/mol. The highest BCUT2D eigenvalue weighted by molar-refractivity contribution is 6.08. The molecule has 0 bridgehead atoms. The second-order valence-corrected chi connectivity index (χ2v) is 4.34. The molecule has 0 saturated heterocycles. The number of hydrogen-bond donors (Lipinski definition) is 0. The maximum atomic E-state index is 12.0. The number of ketones is 1. The fraction of sp³-hybridized carbons (Fsp3) is 0.429. The third-order valence-corrected chi connectivity index (χ3v) is 3.10. The first kappa shape index (κ1) is 11.8. The maximum Gasteiger partial charge on any atom is 0.227 e. The second-order valence-electron chi connectivity index (χ2n) is 4.34. The van der Waals surface area contributed by atoms with Gasteiger partial charge in [0.1, 0.15) is 0 Å². The maximum absolute atomic E-state index is 12.0. The zero-order valence-electron chi connectivity index (χ0n) is 10.1. The van der Waals surface area contributed by atoms with Gasteiger partial charge >= 0.3 is 0 Å². The Morgan fingerprint density at radius 1 is 1.35 bits per heavy atom. The molecule has 0 radical (unpaired) electrons. The van der Waals surface area contributed by atoms with Gasteiger partial charge in [0.2, 0.25) is 5.91 Å². The van der Waals surface area contributed by atoms with Crippen molar-refractivity contribution in [2.75, 3.05) is 11.4 Å². The molecule has 17 heavy (non-hydrogen) atoms. The number of Topliss-reactive ketones (excluding diaryl/α,β-unsaturated/α-hetero) is 1. The van der Waals surface area contributed by atoms with Crippen molar-refractivity contribution in [2.24, 2.45) is 0 Å². The Morgan fingerprint density at radius 3 is 2.88 bits per heavy atom. The van der Waals surface area contributed by atoms with Gasteiger partial charge in [-0.15, -0.1) is 0 Å². The lowest BCUT2D eigenvalue weighted by Crippen LogP contribution is -2.37. The minimum absolute atomic E-state index is 0.131. The van der Waals surface area contributed by atoms with E-state index in [1.807, 2.05) is 18.2 Å². The van der Waals surface area contributed by atoms with Gasteiger partial charge in [0, 0.05) is 24.9 Å². The van der Waals surface area contributed by atoms with Crippen molar-refractivity contribution in [3.05, 3.63) is 29.8 Å². The van der Waals surface area contributed by atoms with E-state index < -0.39 is 0 Å². The van der Waals surface area contributed by atoms with Gasteiger partial charge < -0.3 is 4.90 Å². The highest BCUT2D eigenvalue weighted by Gasteiger charge is 2.26. The quantitative estimate of drug-likeness (QED) is 0.802. The molecule has 0 aliphatic carbocycles. The Hall–Kier alpha value is -1.64. The molecule has 1 aliphatic heterocycles. The largest absolute Gasteiger partial charge is 0.311 e. The summed E-state index contributed by atoms with van der Waals surface area (Å²) in [6.45, 7) is 2.60. The first-order chi connectivity index (χ1) is 8.24. The van der Waals surface area contributed by atoms with Crippen LogP contribution in [0.4, 0.5) is 5.69 Å². The van der Waals surface area contributed by atoms with Gasteiger partial charge in [-0.2, -0.15) is 0 Å². The molecule has 0 saturated carbocycles. The minimum atomic E-state index is 0.131. The first-order valence-corrected chi connectivity index (χ1v) is 6.16. The number of rotatable bonds is 3.